The summed E-state index contributed by atoms with van der Waals surface area (Å²) in [5.41, 5.74) is 0. The summed E-state index contributed by atoms with van der Waals surface area (Å²) < 4.78 is 5.66. The zero-order valence-electron chi connectivity index (χ0n) is 8.34. The van der Waals surface area contributed by atoms with Gasteiger partial charge in [0.1, 0.15) is 0 Å². The van der Waals surface area contributed by atoms with Gasteiger partial charge in [0.05, 0.1) is 12.7 Å². The maximum atomic E-state index is 5.66. The van der Waals surface area contributed by atoms with Gasteiger partial charge < -0.3 is 10.1 Å². The summed E-state index contributed by atoms with van der Waals surface area (Å²) in [4.78, 5) is 2.43. The smallest absolute Gasteiger partial charge is 0.0852 e. The van der Waals surface area contributed by atoms with E-state index in [9.17, 15) is 0 Å². The second kappa shape index (κ2) is 4.80. The third-order valence-electron chi connectivity index (χ3n) is 2.64. The molecule has 0 aromatic rings. The number of nitrogens with one attached hydrogen (secondary N) is 1. The van der Waals surface area contributed by atoms with Crippen molar-refractivity contribution >= 4 is 0 Å². The Hall–Kier alpha value is -0.120. The van der Waals surface area contributed by atoms with Crippen molar-refractivity contribution in [3.8, 4) is 0 Å². The Balaban J connectivity index is 2.34. The van der Waals surface area contributed by atoms with Gasteiger partial charge in [0.15, 0.2) is 0 Å². The molecule has 0 aromatic carbocycles. The van der Waals surface area contributed by atoms with Crippen LogP contribution in [0.5, 0.6) is 0 Å². The summed E-state index contributed by atoms with van der Waals surface area (Å²) in [6.45, 7) is 8.54. The van der Waals surface area contributed by atoms with E-state index in [0.29, 0.717) is 12.1 Å². The summed E-state index contributed by atoms with van der Waals surface area (Å²) in [7, 11) is 1.99. The van der Waals surface area contributed by atoms with Gasteiger partial charge in [-0.15, -0.1) is 0 Å². The van der Waals surface area contributed by atoms with Gasteiger partial charge >= 0.3 is 0 Å². The first kappa shape index (κ1) is 9.96. The highest BCUT2D eigenvalue weighted by Crippen LogP contribution is 2.07. The number of hydrogen-bond acceptors (Lipinski definition) is 3. The first-order valence-corrected chi connectivity index (χ1v) is 4.79. The Bertz CT molecular complexity index is 128. The standard InChI is InChI=1S/C9H20N2O/c1-4-11-5-6-12-9(7-11)8(2)10-3/h8-10H,4-7H2,1-3H3. The summed E-state index contributed by atoms with van der Waals surface area (Å²) >= 11 is 0. The monoisotopic (exact) mass is 172 g/mol. The predicted molar refractivity (Wildman–Crippen MR) is 50.4 cm³/mol. The van der Waals surface area contributed by atoms with Gasteiger partial charge in [-0.2, -0.15) is 0 Å². The molecule has 0 aliphatic carbocycles. The van der Waals surface area contributed by atoms with Crippen LogP contribution in [0.1, 0.15) is 13.8 Å². The van der Waals surface area contributed by atoms with E-state index in [1.54, 1.807) is 0 Å². The molecule has 2 atom stereocenters. The molecular formula is C9H20N2O. The quantitative estimate of drug-likeness (QED) is 0.663. The lowest BCUT2D eigenvalue weighted by Crippen LogP contribution is -2.50. The van der Waals surface area contributed by atoms with Gasteiger partial charge in [-0.1, -0.05) is 6.92 Å². The molecule has 1 fully saturated rings. The Labute approximate surface area is 75.1 Å². The first-order valence-electron chi connectivity index (χ1n) is 4.79. The summed E-state index contributed by atoms with van der Waals surface area (Å²) in [6.07, 6.45) is 0.365. The minimum atomic E-state index is 0.365. The minimum absolute atomic E-state index is 0.365. The molecule has 0 aromatic heterocycles. The molecule has 0 amide bonds. The van der Waals surface area contributed by atoms with Crippen LogP contribution in [-0.4, -0.2) is 50.3 Å². The van der Waals surface area contributed by atoms with Crippen molar-refractivity contribution in [2.45, 2.75) is 26.0 Å². The SMILES string of the molecule is CCN1CCOC(C(C)NC)C1. The molecule has 12 heavy (non-hydrogen) atoms. The molecule has 72 valence electrons. The number of likely N-dealkylation sites (N-methyl/N-ethyl adjacent to an activating group) is 2. The average Bonchev–Trinajstić information content (AvgIpc) is 2.17. The zero-order chi connectivity index (χ0) is 8.97. The van der Waals surface area contributed by atoms with E-state index in [0.717, 1.165) is 26.2 Å². The predicted octanol–water partition coefficient (Wildman–Crippen LogP) is 0.315. The molecule has 0 saturated carbocycles. The van der Waals surface area contributed by atoms with Crippen LogP contribution >= 0.6 is 0 Å². The van der Waals surface area contributed by atoms with Crippen molar-refractivity contribution in [3.05, 3.63) is 0 Å². The molecule has 2 unspecified atom stereocenters. The lowest BCUT2D eigenvalue weighted by atomic mass is 10.1. The molecule has 1 N–H and O–H groups in total. The third kappa shape index (κ3) is 2.44. The summed E-state index contributed by atoms with van der Waals surface area (Å²) in [5.74, 6) is 0. The largest absolute Gasteiger partial charge is 0.374 e. The molecule has 3 nitrogen and oxygen atoms in total. The molecule has 1 heterocycles. The van der Waals surface area contributed by atoms with Gasteiger partial charge in [0, 0.05) is 19.1 Å². The molecule has 1 saturated heterocycles. The maximum Gasteiger partial charge on any atom is 0.0852 e. The molecule has 1 rings (SSSR count). The van der Waals surface area contributed by atoms with Crippen LogP contribution in [0.4, 0.5) is 0 Å². The van der Waals surface area contributed by atoms with E-state index >= 15 is 0 Å². The molecule has 1 aliphatic rings. The first-order chi connectivity index (χ1) is 5.77. The highest BCUT2D eigenvalue weighted by molar-refractivity contribution is 4.78. The normalized spacial score (nSPS) is 28.8. The molecule has 3 heteroatoms. The van der Waals surface area contributed by atoms with Crippen LogP contribution < -0.4 is 5.32 Å². The van der Waals surface area contributed by atoms with Gasteiger partial charge in [-0.05, 0) is 20.5 Å². The minimum Gasteiger partial charge on any atom is -0.374 e. The van der Waals surface area contributed by atoms with Crippen LogP contribution in [0.15, 0.2) is 0 Å². The van der Waals surface area contributed by atoms with Crippen LogP contribution in [0.25, 0.3) is 0 Å². The Kier molecular flexibility index (Phi) is 3.98. The van der Waals surface area contributed by atoms with E-state index in [-0.39, 0.29) is 0 Å². The highest BCUT2D eigenvalue weighted by Gasteiger charge is 2.23. The molecule has 0 spiro atoms. The fourth-order valence-electron chi connectivity index (χ4n) is 1.51. The lowest BCUT2D eigenvalue weighted by Gasteiger charge is -2.35. The topological polar surface area (TPSA) is 24.5 Å². The maximum absolute atomic E-state index is 5.66. The van der Waals surface area contributed by atoms with E-state index in [1.165, 1.54) is 0 Å². The van der Waals surface area contributed by atoms with Crippen molar-refractivity contribution in [3.63, 3.8) is 0 Å². The molecule has 1 aliphatic heterocycles. The Morgan fingerprint density at radius 1 is 1.67 bits per heavy atom. The summed E-state index contributed by atoms with van der Waals surface area (Å²) in [6, 6.07) is 0.458. The third-order valence-corrected chi connectivity index (χ3v) is 2.64. The van der Waals surface area contributed by atoms with Gasteiger partial charge in [-0.25, -0.2) is 0 Å². The lowest BCUT2D eigenvalue weighted by molar-refractivity contribution is -0.0406. The second-order valence-corrected chi connectivity index (χ2v) is 3.38. The van der Waals surface area contributed by atoms with Gasteiger partial charge in [0.25, 0.3) is 0 Å². The van der Waals surface area contributed by atoms with E-state index in [1.807, 2.05) is 7.05 Å². The highest BCUT2D eigenvalue weighted by atomic mass is 16.5. The summed E-state index contributed by atoms with van der Waals surface area (Å²) in [5, 5.41) is 3.23. The van der Waals surface area contributed by atoms with Crippen LogP contribution in [-0.2, 0) is 4.74 Å². The van der Waals surface area contributed by atoms with Crippen LogP contribution in [0.2, 0.25) is 0 Å². The molecular weight excluding hydrogens is 152 g/mol. The number of morpholine rings is 1. The number of nitrogens with zero attached hydrogens (tertiary/aromatic N) is 1. The van der Waals surface area contributed by atoms with Gasteiger partial charge in [0.2, 0.25) is 0 Å². The second-order valence-electron chi connectivity index (χ2n) is 3.38. The van der Waals surface area contributed by atoms with Crippen molar-refractivity contribution < 1.29 is 4.74 Å². The molecule has 0 radical (unpaired) electrons. The van der Waals surface area contributed by atoms with E-state index < -0.39 is 0 Å². The van der Waals surface area contributed by atoms with Gasteiger partial charge in [-0.3, -0.25) is 4.90 Å². The van der Waals surface area contributed by atoms with E-state index in [2.05, 4.69) is 24.1 Å². The Morgan fingerprint density at radius 3 is 3.00 bits per heavy atom. The zero-order valence-corrected chi connectivity index (χ0v) is 8.34. The molecule has 0 bridgehead atoms. The number of rotatable bonds is 3. The fraction of sp³-hybridized carbons (Fsp3) is 1.00. The van der Waals surface area contributed by atoms with Crippen LogP contribution in [0, 0.1) is 0 Å². The van der Waals surface area contributed by atoms with Crippen LogP contribution in [0.3, 0.4) is 0 Å². The number of ether oxygens (including phenoxy) is 1. The van der Waals surface area contributed by atoms with Crippen molar-refractivity contribution in [1.29, 1.82) is 0 Å². The van der Waals surface area contributed by atoms with Crippen molar-refractivity contribution in [1.82, 2.24) is 10.2 Å². The Morgan fingerprint density at radius 2 is 2.42 bits per heavy atom. The van der Waals surface area contributed by atoms with E-state index in [4.69, 9.17) is 4.74 Å². The van der Waals surface area contributed by atoms with Crippen molar-refractivity contribution in [2.24, 2.45) is 0 Å². The fourth-order valence-corrected chi connectivity index (χ4v) is 1.51. The number of hydrogen-bond donors (Lipinski definition) is 1. The van der Waals surface area contributed by atoms with Crippen molar-refractivity contribution in [2.75, 3.05) is 33.3 Å². The average molecular weight is 172 g/mol.